The van der Waals surface area contributed by atoms with Crippen molar-refractivity contribution in [3.8, 4) is 0 Å². The minimum Gasteiger partial charge on any atom is -0.134 e. The molecule has 1 heteroatoms. The van der Waals surface area contributed by atoms with Gasteiger partial charge < -0.3 is 0 Å². The van der Waals surface area contributed by atoms with Crippen LogP contribution in [0.2, 0.25) is 0 Å². The number of benzene rings is 1. The molecule has 15 heavy (non-hydrogen) atoms. The molecular formula is C14H20S. The van der Waals surface area contributed by atoms with E-state index in [0.29, 0.717) is 0 Å². The van der Waals surface area contributed by atoms with Crippen molar-refractivity contribution in [2.24, 2.45) is 0 Å². The summed E-state index contributed by atoms with van der Waals surface area (Å²) in [7, 11) is 0. The third-order valence-electron chi connectivity index (χ3n) is 2.36. The molecule has 82 valence electrons. The lowest BCUT2D eigenvalue weighted by molar-refractivity contribution is 0.898. The maximum absolute atomic E-state index is 2.23. The Morgan fingerprint density at radius 1 is 1.13 bits per heavy atom. The molecule has 0 unspecified atom stereocenters. The lowest BCUT2D eigenvalue weighted by Gasteiger charge is -1.97. The van der Waals surface area contributed by atoms with Crippen LogP contribution in [0.3, 0.4) is 0 Å². The number of hydrogen-bond acceptors (Lipinski definition) is 1. The van der Waals surface area contributed by atoms with E-state index in [1.54, 1.807) is 0 Å². The Kier molecular flexibility index (Phi) is 6.26. The fourth-order valence-electron chi connectivity index (χ4n) is 1.29. The molecule has 0 nitrogen and oxygen atoms in total. The van der Waals surface area contributed by atoms with Crippen LogP contribution in [0.25, 0.3) is 6.08 Å². The van der Waals surface area contributed by atoms with Gasteiger partial charge in [0.25, 0.3) is 0 Å². The first-order valence-electron chi connectivity index (χ1n) is 5.74. The summed E-state index contributed by atoms with van der Waals surface area (Å²) in [6, 6.07) is 8.79. The number of unbranched alkanes of at least 4 members (excludes halogenated alkanes) is 1. The summed E-state index contributed by atoms with van der Waals surface area (Å²) in [6.07, 6.45) is 5.91. The molecule has 1 rings (SSSR count). The van der Waals surface area contributed by atoms with Crippen LogP contribution < -0.4 is 0 Å². The molecule has 0 aliphatic carbocycles. The topological polar surface area (TPSA) is 0 Å². The van der Waals surface area contributed by atoms with Crippen LogP contribution in [0, 0.1) is 0 Å². The highest BCUT2D eigenvalue weighted by molar-refractivity contribution is 8.02. The van der Waals surface area contributed by atoms with Crippen LogP contribution >= 0.6 is 11.8 Å². The van der Waals surface area contributed by atoms with E-state index in [2.05, 4.69) is 49.6 Å². The monoisotopic (exact) mass is 220 g/mol. The first-order valence-corrected chi connectivity index (χ1v) is 6.78. The quantitative estimate of drug-likeness (QED) is 0.623. The highest BCUT2D eigenvalue weighted by Gasteiger charge is 1.89. The number of hydrogen-bond donors (Lipinski definition) is 0. The predicted octanol–water partition coefficient (Wildman–Crippen LogP) is 4.75. The van der Waals surface area contributed by atoms with E-state index in [4.69, 9.17) is 0 Å². The van der Waals surface area contributed by atoms with Gasteiger partial charge in [-0.05, 0) is 41.2 Å². The van der Waals surface area contributed by atoms with E-state index >= 15 is 0 Å². The Balaban J connectivity index is 2.36. The summed E-state index contributed by atoms with van der Waals surface area (Å²) in [6.45, 7) is 4.42. The van der Waals surface area contributed by atoms with Gasteiger partial charge in [-0.25, -0.2) is 0 Å². The molecule has 0 radical (unpaired) electrons. The van der Waals surface area contributed by atoms with Gasteiger partial charge in [0.2, 0.25) is 0 Å². The minimum atomic E-state index is 1.12. The van der Waals surface area contributed by atoms with E-state index in [0.717, 1.165) is 6.42 Å². The zero-order chi connectivity index (χ0) is 10.9. The standard InChI is InChI=1S/C14H20S/c1-3-5-11-15-12-10-14-8-6-13(4-2)7-9-14/h6-10,12H,3-5,11H2,1-2H3/b12-10+. The minimum absolute atomic E-state index is 1.12. The van der Waals surface area contributed by atoms with Crippen molar-refractivity contribution in [1.82, 2.24) is 0 Å². The molecule has 0 aromatic heterocycles. The fraction of sp³-hybridized carbons (Fsp3) is 0.429. The van der Waals surface area contributed by atoms with Crippen LogP contribution in [-0.4, -0.2) is 5.75 Å². The van der Waals surface area contributed by atoms with Gasteiger partial charge in [-0.1, -0.05) is 44.5 Å². The summed E-state index contributed by atoms with van der Waals surface area (Å²) in [5.41, 5.74) is 2.71. The Hall–Kier alpha value is -0.690. The third kappa shape index (κ3) is 5.08. The highest BCUT2D eigenvalue weighted by Crippen LogP contribution is 2.11. The second kappa shape index (κ2) is 7.58. The SMILES string of the molecule is CCCCS/C=C/c1ccc(CC)cc1. The lowest BCUT2D eigenvalue weighted by Crippen LogP contribution is -1.79. The van der Waals surface area contributed by atoms with Crippen LogP contribution in [0.15, 0.2) is 29.7 Å². The van der Waals surface area contributed by atoms with Crippen molar-refractivity contribution >= 4 is 17.8 Å². The van der Waals surface area contributed by atoms with Crippen molar-refractivity contribution in [1.29, 1.82) is 0 Å². The molecule has 0 aliphatic heterocycles. The van der Waals surface area contributed by atoms with Crippen LogP contribution in [0.4, 0.5) is 0 Å². The average molecular weight is 220 g/mol. The molecule has 0 saturated heterocycles. The molecule has 0 N–H and O–H groups in total. The largest absolute Gasteiger partial charge is 0.134 e. The predicted molar refractivity (Wildman–Crippen MR) is 72.2 cm³/mol. The Morgan fingerprint density at radius 3 is 2.47 bits per heavy atom. The maximum atomic E-state index is 2.23. The van der Waals surface area contributed by atoms with Crippen LogP contribution in [0.5, 0.6) is 0 Å². The molecule has 0 fully saturated rings. The molecule has 0 saturated carbocycles. The lowest BCUT2D eigenvalue weighted by atomic mass is 10.1. The van der Waals surface area contributed by atoms with Gasteiger partial charge in [0.05, 0.1) is 0 Å². The van der Waals surface area contributed by atoms with Crippen molar-refractivity contribution in [2.45, 2.75) is 33.1 Å². The Labute approximate surface area is 97.8 Å². The van der Waals surface area contributed by atoms with E-state index in [-0.39, 0.29) is 0 Å². The van der Waals surface area contributed by atoms with Crippen molar-refractivity contribution in [2.75, 3.05) is 5.75 Å². The van der Waals surface area contributed by atoms with Crippen molar-refractivity contribution < 1.29 is 0 Å². The fourth-order valence-corrected chi connectivity index (χ4v) is 2.13. The van der Waals surface area contributed by atoms with Gasteiger partial charge in [-0.2, -0.15) is 0 Å². The molecule has 0 atom stereocenters. The van der Waals surface area contributed by atoms with Crippen molar-refractivity contribution in [3.05, 3.63) is 40.8 Å². The van der Waals surface area contributed by atoms with E-state index in [1.165, 1.54) is 29.7 Å². The highest BCUT2D eigenvalue weighted by atomic mass is 32.2. The molecule has 0 amide bonds. The molecule has 1 aromatic carbocycles. The Morgan fingerprint density at radius 2 is 1.87 bits per heavy atom. The molecule has 0 bridgehead atoms. The molecule has 1 aromatic rings. The van der Waals surface area contributed by atoms with E-state index in [9.17, 15) is 0 Å². The Bertz CT molecular complexity index is 285. The summed E-state index contributed by atoms with van der Waals surface area (Å²) in [5, 5.41) is 2.20. The number of rotatable bonds is 6. The summed E-state index contributed by atoms with van der Waals surface area (Å²) >= 11 is 1.90. The molecule has 0 aliphatic rings. The van der Waals surface area contributed by atoms with Gasteiger partial charge in [0, 0.05) is 0 Å². The molecular weight excluding hydrogens is 200 g/mol. The third-order valence-corrected chi connectivity index (χ3v) is 3.21. The van der Waals surface area contributed by atoms with Gasteiger partial charge in [-0.15, -0.1) is 11.8 Å². The zero-order valence-electron chi connectivity index (χ0n) is 9.70. The van der Waals surface area contributed by atoms with Gasteiger partial charge >= 0.3 is 0 Å². The molecule has 0 spiro atoms. The van der Waals surface area contributed by atoms with Crippen molar-refractivity contribution in [3.63, 3.8) is 0 Å². The zero-order valence-corrected chi connectivity index (χ0v) is 10.5. The summed E-state index contributed by atoms with van der Waals surface area (Å²) < 4.78 is 0. The smallest absolute Gasteiger partial charge is 0.00261 e. The number of aryl methyl sites for hydroxylation is 1. The normalized spacial score (nSPS) is 11.1. The van der Waals surface area contributed by atoms with Gasteiger partial charge in [0.15, 0.2) is 0 Å². The first kappa shape index (κ1) is 12.4. The average Bonchev–Trinajstić information content (AvgIpc) is 2.30. The molecule has 0 heterocycles. The van der Waals surface area contributed by atoms with E-state index < -0.39 is 0 Å². The van der Waals surface area contributed by atoms with Crippen LogP contribution in [0.1, 0.15) is 37.8 Å². The second-order valence-electron chi connectivity index (χ2n) is 3.62. The van der Waals surface area contributed by atoms with E-state index in [1.807, 2.05) is 11.8 Å². The second-order valence-corrected chi connectivity index (χ2v) is 4.64. The maximum Gasteiger partial charge on any atom is -0.00261 e. The van der Waals surface area contributed by atoms with Gasteiger partial charge in [-0.3, -0.25) is 0 Å². The first-order chi connectivity index (χ1) is 7.36. The van der Waals surface area contributed by atoms with Gasteiger partial charge in [0.1, 0.15) is 0 Å². The van der Waals surface area contributed by atoms with Crippen LogP contribution in [-0.2, 0) is 6.42 Å². The summed E-state index contributed by atoms with van der Waals surface area (Å²) in [5.74, 6) is 1.24. The number of thioether (sulfide) groups is 1. The summed E-state index contributed by atoms with van der Waals surface area (Å²) in [4.78, 5) is 0.